The van der Waals surface area contributed by atoms with Crippen molar-refractivity contribution in [3.8, 4) is 10.7 Å². The van der Waals surface area contributed by atoms with E-state index in [0.29, 0.717) is 18.3 Å². The average molecular weight is 285 g/mol. The summed E-state index contributed by atoms with van der Waals surface area (Å²) in [5.41, 5.74) is 3.53. The second-order valence-electron chi connectivity index (χ2n) is 4.66. The standard InChI is InChI=1S/C15H15N3OS/c1-10-5-6-11(2)12(8-10)16-9-14-17-15(18-19-14)13-4-3-7-20-13/h3-8,16H,9H2,1-2H3. The minimum atomic E-state index is 0.530. The summed E-state index contributed by atoms with van der Waals surface area (Å²) in [6, 6.07) is 10.3. The van der Waals surface area contributed by atoms with Crippen LogP contribution in [0.2, 0.25) is 0 Å². The molecule has 2 heterocycles. The molecule has 3 rings (SSSR count). The molecule has 0 spiro atoms. The van der Waals surface area contributed by atoms with Crippen LogP contribution in [0, 0.1) is 13.8 Å². The molecule has 0 fully saturated rings. The summed E-state index contributed by atoms with van der Waals surface area (Å²) in [6.07, 6.45) is 0. The van der Waals surface area contributed by atoms with Crippen molar-refractivity contribution in [1.29, 1.82) is 0 Å². The molecule has 0 amide bonds. The highest BCUT2D eigenvalue weighted by molar-refractivity contribution is 7.13. The number of anilines is 1. The van der Waals surface area contributed by atoms with Gasteiger partial charge in [-0.05, 0) is 42.5 Å². The van der Waals surface area contributed by atoms with Crippen LogP contribution < -0.4 is 5.32 Å². The fraction of sp³-hybridized carbons (Fsp3) is 0.200. The third kappa shape index (κ3) is 2.72. The summed E-state index contributed by atoms with van der Waals surface area (Å²) in [6.45, 7) is 4.68. The maximum atomic E-state index is 5.26. The zero-order chi connectivity index (χ0) is 13.9. The zero-order valence-electron chi connectivity index (χ0n) is 11.4. The molecule has 0 aliphatic rings. The lowest BCUT2D eigenvalue weighted by Gasteiger charge is -2.08. The van der Waals surface area contributed by atoms with Crippen LogP contribution in [0.25, 0.3) is 10.7 Å². The molecule has 0 bridgehead atoms. The molecule has 1 N–H and O–H groups in total. The lowest BCUT2D eigenvalue weighted by Crippen LogP contribution is -2.01. The zero-order valence-corrected chi connectivity index (χ0v) is 12.2. The molecule has 0 saturated carbocycles. The Hall–Kier alpha value is -2.14. The number of nitrogens with zero attached hydrogens (tertiary/aromatic N) is 2. The van der Waals surface area contributed by atoms with Crippen molar-refractivity contribution >= 4 is 17.0 Å². The quantitative estimate of drug-likeness (QED) is 0.786. The van der Waals surface area contributed by atoms with E-state index in [0.717, 1.165) is 10.6 Å². The van der Waals surface area contributed by atoms with E-state index in [4.69, 9.17) is 4.52 Å². The van der Waals surface area contributed by atoms with E-state index in [1.165, 1.54) is 11.1 Å². The smallest absolute Gasteiger partial charge is 0.246 e. The van der Waals surface area contributed by atoms with Gasteiger partial charge in [0.15, 0.2) is 0 Å². The first-order valence-electron chi connectivity index (χ1n) is 6.40. The van der Waals surface area contributed by atoms with Crippen LogP contribution in [-0.4, -0.2) is 10.1 Å². The van der Waals surface area contributed by atoms with E-state index >= 15 is 0 Å². The minimum Gasteiger partial charge on any atom is -0.376 e. The van der Waals surface area contributed by atoms with Gasteiger partial charge in [0.2, 0.25) is 11.7 Å². The van der Waals surface area contributed by atoms with Gasteiger partial charge in [-0.3, -0.25) is 0 Å². The topological polar surface area (TPSA) is 51.0 Å². The first kappa shape index (κ1) is 12.9. The summed E-state index contributed by atoms with van der Waals surface area (Å²) in [7, 11) is 0. The SMILES string of the molecule is Cc1ccc(C)c(NCc2nc(-c3cccs3)no2)c1. The van der Waals surface area contributed by atoms with Crippen molar-refractivity contribution in [2.24, 2.45) is 0 Å². The first-order chi connectivity index (χ1) is 9.72. The van der Waals surface area contributed by atoms with Crippen LogP contribution in [0.4, 0.5) is 5.69 Å². The predicted molar refractivity (Wildman–Crippen MR) is 80.9 cm³/mol. The molecule has 0 radical (unpaired) electrons. The van der Waals surface area contributed by atoms with Gasteiger partial charge in [0.05, 0.1) is 11.4 Å². The molecular formula is C15H15N3OS. The number of thiophene rings is 1. The molecule has 0 aliphatic heterocycles. The van der Waals surface area contributed by atoms with E-state index in [2.05, 4.69) is 47.5 Å². The molecule has 5 heteroatoms. The normalized spacial score (nSPS) is 10.7. The van der Waals surface area contributed by atoms with Gasteiger partial charge >= 0.3 is 0 Å². The van der Waals surface area contributed by atoms with Gasteiger partial charge in [-0.25, -0.2) is 0 Å². The van der Waals surface area contributed by atoms with E-state index in [-0.39, 0.29) is 0 Å². The molecule has 20 heavy (non-hydrogen) atoms. The Morgan fingerprint density at radius 2 is 2.15 bits per heavy atom. The summed E-state index contributed by atoms with van der Waals surface area (Å²) in [4.78, 5) is 5.41. The number of benzene rings is 1. The molecule has 0 atom stereocenters. The van der Waals surface area contributed by atoms with Gasteiger partial charge < -0.3 is 9.84 Å². The van der Waals surface area contributed by atoms with Gasteiger partial charge in [0, 0.05) is 5.69 Å². The fourth-order valence-electron chi connectivity index (χ4n) is 1.93. The Labute approximate surface area is 121 Å². The van der Waals surface area contributed by atoms with Crippen molar-refractivity contribution in [2.75, 3.05) is 5.32 Å². The molecule has 2 aromatic heterocycles. The number of aryl methyl sites for hydroxylation is 2. The highest BCUT2D eigenvalue weighted by Crippen LogP contribution is 2.22. The summed E-state index contributed by atoms with van der Waals surface area (Å²) in [5, 5.41) is 9.33. The number of aromatic nitrogens is 2. The number of hydrogen-bond donors (Lipinski definition) is 1. The van der Waals surface area contributed by atoms with Gasteiger partial charge in [0.25, 0.3) is 0 Å². The van der Waals surface area contributed by atoms with Gasteiger partial charge in [-0.2, -0.15) is 4.98 Å². The van der Waals surface area contributed by atoms with Crippen LogP contribution in [-0.2, 0) is 6.54 Å². The number of nitrogens with one attached hydrogen (secondary N) is 1. The number of hydrogen-bond acceptors (Lipinski definition) is 5. The van der Waals surface area contributed by atoms with E-state index in [1.54, 1.807) is 11.3 Å². The highest BCUT2D eigenvalue weighted by atomic mass is 32.1. The van der Waals surface area contributed by atoms with E-state index in [1.807, 2.05) is 17.5 Å². The lowest BCUT2D eigenvalue weighted by molar-refractivity contribution is 0.384. The molecular weight excluding hydrogens is 270 g/mol. The molecule has 3 aromatic rings. The second-order valence-corrected chi connectivity index (χ2v) is 5.61. The molecule has 1 aromatic carbocycles. The largest absolute Gasteiger partial charge is 0.376 e. The monoisotopic (exact) mass is 285 g/mol. The van der Waals surface area contributed by atoms with Crippen LogP contribution in [0.1, 0.15) is 17.0 Å². The second kappa shape index (κ2) is 5.46. The molecule has 0 aliphatic carbocycles. The summed E-state index contributed by atoms with van der Waals surface area (Å²) in [5.74, 6) is 1.24. The first-order valence-corrected chi connectivity index (χ1v) is 7.28. The lowest BCUT2D eigenvalue weighted by atomic mass is 10.1. The summed E-state index contributed by atoms with van der Waals surface area (Å²) < 4.78 is 5.26. The highest BCUT2D eigenvalue weighted by Gasteiger charge is 2.09. The minimum absolute atomic E-state index is 0.530. The van der Waals surface area contributed by atoms with Crippen molar-refractivity contribution in [3.63, 3.8) is 0 Å². The third-order valence-electron chi connectivity index (χ3n) is 3.03. The van der Waals surface area contributed by atoms with Crippen LogP contribution >= 0.6 is 11.3 Å². The Morgan fingerprint density at radius 3 is 2.95 bits per heavy atom. The molecule has 102 valence electrons. The summed E-state index contributed by atoms with van der Waals surface area (Å²) >= 11 is 1.60. The fourth-order valence-corrected chi connectivity index (χ4v) is 2.58. The van der Waals surface area contributed by atoms with Crippen molar-refractivity contribution < 1.29 is 4.52 Å². The van der Waals surface area contributed by atoms with Crippen molar-refractivity contribution in [2.45, 2.75) is 20.4 Å². The van der Waals surface area contributed by atoms with E-state index in [9.17, 15) is 0 Å². The Kier molecular flexibility index (Phi) is 3.52. The predicted octanol–water partition coefficient (Wildman–Crippen LogP) is 4.03. The Morgan fingerprint density at radius 1 is 1.25 bits per heavy atom. The molecule has 0 unspecified atom stereocenters. The van der Waals surface area contributed by atoms with Crippen molar-refractivity contribution in [3.05, 3.63) is 52.7 Å². The average Bonchev–Trinajstić information content (AvgIpc) is 3.09. The van der Waals surface area contributed by atoms with Crippen LogP contribution in [0.5, 0.6) is 0 Å². The van der Waals surface area contributed by atoms with Crippen LogP contribution in [0.15, 0.2) is 40.2 Å². The number of rotatable bonds is 4. The van der Waals surface area contributed by atoms with Crippen LogP contribution in [0.3, 0.4) is 0 Å². The van der Waals surface area contributed by atoms with Gasteiger partial charge in [-0.15, -0.1) is 11.3 Å². The molecule has 0 saturated heterocycles. The van der Waals surface area contributed by atoms with E-state index < -0.39 is 0 Å². The third-order valence-corrected chi connectivity index (χ3v) is 3.90. The Bertz CT molecular complexity index is 704. The van der Waals surface area contributed by atoms with Crippen molar-refractivity contribution in [1.82, 2.24) is 10.1 Å². The maximum Gasteiger partial charge on any atom is 0.246 e. The van der Waals surface area contributed by atoms with Gasteiger partial charge in [0.1, 0.15) is 0 Å². The molecule has 4 nitrogen and oxygen atoms in total. The van der Waals surface area contributed by atoms with Gasteiger partial charge in [-0.1, -0.05) is 23.4 Å². The maximum absolute atomic E-state index is 5.26. The Balaban J connectivity index is 1.71.